The van der Waals surface area contributed by atoms with Crippen molar-refractivity contribution in [1.82, 2.24) is 0 Å². The largest absolute Gasteiger partial charge is 0.446 e. The van der Waals surface area contributed by atoms with Gasteiger partial charge in [-0.2, -0.15) is 0 Å². The Labute approximate surface area is 150 Å². The van der Waals surface area contributed by atoms with Gasteiger partial charge in [0.05, 0.1) is 5.69 Å². The lowest BCUT2D eigenvalue weighted by atomic mass is 9.92. The van der Waals surface area contributed by atoms with Crippen LogP contribution >= 0.6 is 0 Å². The third kappa shape index (κ3) is 4.22. The van der Waals surface area contributed by atoms with Gasteiger partial charge in [0, 0.05) is 5.56 Å². The summed E-state index contributed by atoms with van der Waals surface area (Å²) in [5, 5.41) is 2.94. The molecule has 1 N–H and O–H groups in total. The molecule has 2 aromatic carbocycles. The van der Waals surface area contributed by atoms with Crippen LogP contribution in [0.3, 0.4) is 0 Å². The number of benzene rings is 2. The third-order valence-electron chi connectivity index (χ3n) is 5.37. The first kappa shape index (κ1) is 17.5. The van der Waals surface area contributed by atoms with Gasteiger partial charge in [-0.1, -0.05) is 75.2 Å². The molecular weight excluding hydrogens is 310 g/mol. The molecular formula is C22H27NO2. The van der Waals surface area contributed by atoms with Crippen LogP contribution in [0.5, 0.6) is 0 Å². The predicted octanol–water partition coefficient (Wildman–Crippen LogP) is 6.12. The molecule has 3 nitrogen and oxygen atoms in total. The molecule has 2 aromatic rings. The first-order chi connectivity index (χ1) is 12.2. The van der Waals surface area contributed by atoms with Gasteiger partial charge in [-0.25, -0.2) is 4.79 Å². The molecule has 0 spiro atoms. The molecule has 1 aliphatic carbocycles. The van der Waals surface area contributed by atoms with E-state index in [1.807, 2.05) is 54.6 Å². The number of carbonyl (C=O) groups excluding carboxylic acids is 1. The van der Waals surface area contributed by atoms with Crippen LogP contribution in [-0.4, -0.2) is 12.2 Å². The Hall–Kier alpha value is -2.29. The lowest BCUT2D eigenvalue weighted by molar-refractivity contribution is 0.110. The number of nitrogens with one attached hydrogen (secondary N) is 1. The van der Waals surface area contributed by atoms with Crippen LogP contribution in [0.1, 0.15) is 39.5 Å². The van der Waals surface area contributed by atoms with E-state index in [0.717, 1.165) is 42.5 Å². The Kier molecular flexibility index (Phi) is 5.75. The summed E-state index contributed by atoms with van der Waals surface area (Å²) in [5.74, 6) is 1.36. The average molecular weight is 337 g/mol. The molecule has 0 aromatic heterocycles. The maximum Gasteiger partial charge on any atom is 0.411 e. The quantitative estimate of drug-likeness (QED) is 0.714. The van der Waals surface area contributed by atoms with Crippen LogP contribution in [0.2, 0.25) is 0 Å². The molecule has 3 heteroatoms. The fourth-order valence-corrected chi connectivity index (χ4v) is 4.01. The van der Waals surface area contributed by atoms with E-state index in [4.69, 9.17) is 4.74 Å². The minimum absolute atomic E-state index is 0.0405. The number of ether oxygens (including phenoxy) is 1. The zero-order valence-electron chi connectivity index (χ0n) is 15.1. The van der Waals surface area contributed by atoms with E-state index in [9.17, 15) is 4.79 Å². The van der Waals surface area contributed by atoms with Gasteiger partial charge in [-0.15, -0.1) is 0 Å². The SMILES string of the molecule is CC[C@@H]1CC(OC(=O)Nc2ccccc2-c2ccccc2)C[C@@H]1CC. The molecule has 0 aliphatic heterocycles. The Balaban J connectivity index is 1.66. The Morgan fingerprint density at radius 1 is 0.960 bits per heavy atom. The van der Waals surface area contributed by atoms with E-state index in [1.54, 1.807) is 0 Å². The highest BCUT2D eigenvalue weighted by Gasteiger charge is 2.34. The van der Waals surface area contributed by atoms with Crippen molar-refractivity contribution in [2.75, 3.05) is 5.32 Å². The van der Waals surface area contributed by atoms with E-state index in [2.05, 4.69) is 19.2 Å². The zero-order chi connectivity index (χ0) is 17.6. The van der Waals surface area contributed by atoms with E-state index < -0.39 is 0 Å². The summed E-state index contributed by atoms with van der Waals surface area (Å²) in [6.07, 6.45) is 4.00. The number of para-hydroxylation sites is 1. The molecule has 0 radical (unpaired) electrons. The fourth-order valence-electron chi connectivity index (χ4n) is 4.01. The Morgan fingerprint density at radius 3 is 2.20 bits per heavy atom. The maximum absolute atomic E-state index is 12.4. The normalized spacial score (nSPS) is 22.6. The van der Waals surface area contributed by atoms with E-state index >= 15 is 0 Å². The van der Waals surface area contributed by atoms with Gasteiger partial charge in [0.15, 0.2) is 0 Å². The van der Waals surface area contributed by atoms with Gasteiger partial charge >= 0.3 is 6.09 Å². The molecule has 132 valence electrons. The summed E-state index contributed by atoms with van der Waals surface area (Å²) in [6, 6.07) is 17.9. The number of amides is 1. The molecule has 25 heavy (non-hydrogen) atoms. The van der Waals surface area contributed by atoms with Crippen LogP contribution in [0, 0.1) is 11.8 Å². The number of hydrogen-bond acceptors (Lipinski definition) is 2. The molecule has 1 unspecified atom stereocenters. The summed E-state index contributed by atoms with van der Waals surface area (Å²) in [7, 11) is 0. The van der Waals surface area contributed by atoms with Gasteiger partial charge in [0.1, 0.15) is 6.10 Å². The summed E-state index contributed by atoms with van der Waals surface area (Å²) >= 11 is 0. The lowest BCUT2D eigenvalue weighted by Crippen LogP contribution is -2.21. The van der Waals surface area contributed by atoms with Gasteiger partial charge in [0.25, 0.3) is 0 Å². The summed E-state index contributed by atoms with van der Waals surface area (Å²) in [6.45, 7) is 4.46. The van der Waals surface area contributed by atoms with Crippen LogP contribution in [-0.2, 0) is 4.74 Å². The van der Waals surface area contributed by atoms with Gasteiger partial charge in [0.2, 0.25) is 0 Å². The molecule has 1 aliphatic rings. The number of rotatable bonds is 5. The minimum Gasteiger partial charge on any atom is -0.446 e. The first-order valence-electron chi connectivity index (χ1n) is 9.33. The van der Waals surface area contributed by atoms with E-state index in [1.165, 1.54) is 0 Å². The van der Waals surface area contributed by atoms with Crippen LogP contribution in [0.4, 0.5) is 10.5 Å². The highest BCUT2D eigenvalue weighted by molar-refractivity contribution is 5.91. The third-order valence-corrected chi connectivity index (χ3v) is 5.37. The second-order valence-electron chi connectivity index (χ2n) is 6.87. The van der Waals surface area contributed by atoms with Crippen molar-refractivity contribution in [1.29, 1.82) is 0 Å². The van der Waals surface area contributed by atoms with Crippen molar-refractivity contribution < 1.29 is 9.53 Å². The summed E-state index contributed by atoms with van der Waals surface area (Å²) in [4.78, 5) is 12.4. The van der Waals surface area contributed by atoms with Gasteiger partial charge in [-0.3, -0.25) is 5.32 Å². The Bertz CT molecular complexity index is 686. The van der Waals surface area contributed by atoms with E-state index in [0.29, 0.717) is 11.8 Å². The fraction of sp³-hybridized carbons (Fsp3) is 0.409. The average Bonchev–Trinajstić information content (AvgIpc) is 3.04. The van der Waals surface area contributed by atoms with Crippen molar-refractivity contribution in [3.8, 4) is 11.1 Å². The first-order valence-corrected chi connectivity index (χ1v) is 9.33. The number of anilines is 1. The van der Waals surface area contributed by atoms with Gasteiger partial charge in [-0.05, 0) is 36.3 Å². The smallest absolute Gasteiger partial charge is 0.411 e. The summed E-state index contributed by atoms with van der Waals surface area (Å²) in [5.41, 5.74) is 2.87. The minimum atomic E-state index is -0.347. The summed E-state index contributed by atoms with van der Waals surface area (Å²) < 4.78 is 5.72. The van der Waals surface area contributed by atoms with E-state index in [-0.39, 0.29) is 12.2 Å². The van der Waals surface area contributed by atoms with Gasteiger partial charge < -0.3 is 4.74 Å². The molecule has 0 bridgehead atoms. The lowest BCUT2D eigenvalue weighted by Gasteiger charge is -2.15. The molecule has 1 amide bonds. The van der Waals surface area contributed by atoms with Crippen molar-refractivity contribution in [3.63, 3.8) is 0 Å². The van der Waals surface area contributed by atoms with Crippen LogP contribution in [0.15, 0.2) is 54.6 Å². The van der Waals surface area contributed by atoms with Crippen LogP contribution < -0.4 is 5.32 Å². The highest BCUT2D eigenvalue weighted by Crippen LogP contribution is 2.38. The second-order valence-corrected chi connectivity index (χ2v) is 6.87. The molecule has 0 heterocycles. The molecule has 1 fully saturated rings. The molecule has 1 saturated carbocycles. The van der Waals surface area contributed by atoms with Crippen molar-refractivity contribution >= 4 is 11.8 Å². The molecule has 3 atom stereocenters. The number of hydrogen-bond donors (Lipinski definition) is 1. The number of carbonyl (C=O) groups is 1. The van der Waals surface area contributed by atoms with Crippen molar-refractivity contribution in [2.45, 2.75) is 45.6 Å². The maximum atomic E-state index is 12.4. The van der Waals surface area contributed by atoms with Crippen LogP contribution in [0.25, 0.3) is 11.1 Å². The molecule has 0 saturated heterocycles. The molecule has 3 rings (SSSR count). The Morgan fingerprint density at radius 2 is 1.56 bits per heavy atom. The van der Waals surface area contributed by atoms with Crippen molar-refractivity contribution in [2.24, 2.45) is 11.8 Å². The second kappa shape index (κ2) is 8.19. The monoisotopic (exact) mass is 337 g/mol. The zero-order valence-corrected chi connectivity index (χ0v) is 15.1. The highest BCUT2D eigenvalue weighted by atomic mass is 16.6. The predicted molar refractivity (Wildman–Crippen MR) is 103 cm³/mol. The van der Waals surface area contributed by atoms with Crippen molar-refractivity contribution in [3.05, 3.63) is 54.6 Å². The standard InChI is InChI=1S/C22H27NO2/c1-3-16-14-19(15-17(16)4-2)25-22(24)23-21-13-9-8-12-20(21)18-10-6-5-7-11-18/h5-13,16-17,19H,3-4,14-15H2,1-2H3,(H,23,24)/t16-,17+,19?. The topological polar surface area (TPSA) is 38.3 Å².